The van der Waals surface area contributed by atoms with Crippen LogP contribution in [0.2, 0.25) is 0 Å². The molecule has 0 radical (unpaired) electrons. The summed E-state index contributed by atoms with van der Waals surface area (Å²) in [7, 11) is 7.18. The summed E-state index contributed by atoms with van der Waals surface area (Å²) in [5.41, 5.74) is 2.63. The third-order valence-electron chi connectivity index (χ3n) is 5.23. The molecule has 0 amide bonds. The minimum absolute atomic E-state index is 0.683. The van der Waals surface area contributed by atoms with Crippen LogP contribution in [-0.4, -0.2) is 32.5 Å². The summed E-state index contributed by atoms with van der Waals surface area (Å²) in [5, 5.41) is 0. The van der Waals surface area contributed by atoms with Crippen molar-refractivity contribution in [1.82, 2.24) is 0 Å². The number of benzene rings is 3. The van der Waals surface area contributed by atoms with E-state index in [1.165, 1.54) is 0 Å². The first-order valence-electron chi connectivity index (χ1n) is 9.22. The minimum Gasteiger partial charge on any atom is -0.497 e. The maximum Gasteiger partial charge on any atom is 0.191 e. The van der Waals surface area contributed by atoms with Gasteiger partial charge < -0.3 is 14.4 Å². The van der Waals surface area contributed by atoms with Crippen molar-refractivity contribution < 1.29 is 17.9 Å². The van der Waals surface area contributed by atoms with Gasteiger partial charge in [0.15, 0.2) is 16.7 Å². The van der Waals surface area contributed by atoms with E-state index in [9.17, 15) is 4.21 Å². The SMILES string of the molecule is COc1ccc(C2(c3ccc(OC)cc3)OS(=O)c3cc(N(C)C)ccc32)cc1. The van der Waals surface area contributed by atoms with Gasteiger partial charge in [-0.25, -0.2) is 4.21 Å². The van der Waals surface area contributed by atoms with Crippen LogP contribution in [0.15, 0.2) is 71.6 Å². The van der Waals surface area contributed by atoms with Gasteiger partial charge in [0.05, 0.1) is 19.1 Å². The molecule has 3 aromatic carbocycles. The molecule has 1 aliphatic rings. The zero-order valence-corrected chi connectivity index (χ0v) is 17.7. The minimum atomic E-state index is -1.60. The van der Waals surface area contributed by atoms with E-state index in [2.05, 4.69) is 0 Å². The Morgan fingerprint density at radius 1 is 0.828 bits per heavy atom. The van der Waals surface area contributed by atoms with Gasteiger partial charge in [-0.1, -0.05) is 30.3 Å². The lowest BCUT2D eigenvalue weighted by atomic mass is 9.80. The number of nitrogens with zero attached hydrogens (tertiary/aromatic N) is 1. The van der Waals surface area contributed by atoms with Crippen molar-refractivity contribution in [3.63, 3.8) is 0 Å². The van der Waals surface area contributed by atoms with Crippen molar-refractivity contribution >= 4 is 16.8 Å². The fourth-order valence-corrected chi connectivity index (χ4v) is 4.85. The number of methoxy groups -OCH3 is 2. The maximum absolute atomic E-state index is 13.1. The summed E-state index contributed by atoms with van der Waals surface area (Å²) < 4.78 is 29.9. The van der Waals surface area contributed by atoms with Gasteiger partial charge in [-0.15, -0.1) is 0 Å². The van der Waals surface area contributed by atoms with Gasteiger partial charge in [0.25, 0.3) is 0 Å². The molecule has 0 N–H and O–H groups in total. The van der Waals surface area contributed by atoms with Gasteiger partial charge in [0, 0.05) is 25.3 Å². The maximum atomic E-state index is 13.1. The summed E-state index contributed by atoms with van der Waals surface area (Å²) in [6.45, 7) is 0. The molecule has 0 aliphatic carbocycles. The Labute approximate surface area is 173 Å². The largest absolute Gasteiger partial charge is 0.497 e. The van der Waals surface area contributed by atoms with Crippen LogP contribution in [0.3, 0.4) is 0 Å². The standard InChI is InChI=1S/C23H23NO4S/c1-24(2)18-9-14-21-22(15-18)29(25)28-23(21,16-5-10-19(26-3)11-6-16)17-7-12-20(27-4)13-8-17/h5-15H,1-4H3. The molecule has 1 unspecified atom stereocenters. The van der Waals surface area contributed by atoms with Crippen molar-refractivity contribution in [2.24, 2.45) is 0 Å². The molecule has 1 aliphatic heterocycles. The Balaban J connectivity index is 1.96. The van der Waals surface area contributed by atoms with Crippen LogP contribution in [-0.2, 0) is 20.9 Å². The zero-order chi connectivity index (χ0) is 20.6. The molecule has 4 rings (SSSR count). The van der Waals surface area contributed by atoms with Crippen LogP contribution in [0.4, 0.5) is 5.69 Å². The Morgan fingerprint density at radius 3 is 1.79 bits per heavy atom. The summed E-state index contributed by atoms with van der Waals surface area (Å²) in [6, 6.07) is 21.3. The fourth-order valence-electron chi connectivity index (χ4n) is 3.65. The van der Waals surface area contributed by atoms with E-state index in [0.29, 0.717) is 4.90 Å². The lowest BCUT2D eigenvalue weighted by Gasteiger charge is -2.30. The van der Waals surface area contributed by atoms with Gasteiger partial charge in [0.1, 0.15) is 11.5 Å². The lowest BCUT2D eigenvalue weighted by molar-refractivity contribution is 0.192. The van der Waals surface area contributed by atoms with E-state index >= 15 is 0 Å². The van der Waals surface area contributed by atoms with E-state index in [0.717, 1.165) is 33.9 Å². The van der Waals surface area contributed by atoms with Crippen LogP contribution in [0.1, 0.15) is 16.7 Å². The molecule has 3 aromatic rings. The summed E-state index contributed by atoms with van der Waals surface area (Å²) >= 11 is -1.60. The number of ether oxygens (including phenoxy) is 2. The summed E-state index contributed by atoms with van der Waals surface area (Å²) in [4.78, 5) is 2.67. The molecule has 0 saturated heterocycles. The zero-order valence-electron chi connectivity index (χ0n) is 16.8. The highest BCUT2D eigenvalue weighted by Crippen LogP contribution is 2.50. The highest BCUT2D eigenvalue weighted by Gasteiger charge is 2.48. The first-order chi connectivity index (χ1) is 14.0. The molecule has 29 heavy (non-hydrogen) atoms. The quantitative estimate of drug-likeness (QED) is 0.635. The van der Waals surface area contributed by atoms with Crippen molar-refractivity contribution in [2.75, 3.05) is 33.2 Å². The number of fused-ring (bicyclic) bond motifs is 1. The van der Waals surface area contributed by atoms with Gasteiger partial charge in [-0.2, -0.15) is 0 Å². The second kappa shape index (κ2) is 7.54. The van der Waals surface area contributed by atoms with Gasteiger partial charge >= 0.3 is 0 Å². The topological polar surface area (TPSA) is 48.0 Å². The lowest BCUT2D eigenvalue weighted by Crippen LogP contribution is -2.28. The van der Waals surface area contributed by atoms with Gasteiger partial charge in [0.2, 0.25) is 0 Å². The van der Waals surface area contributed by atoms with E-state index < -0.39 is 16.7 Å². The second-order valence-corrected chi connectivity index (χ2v) is 8.11. The summed E-state index contributed by atoms with van der Waals surface area (Å²) in [6.07, 6.45) is 0. The van der Waals surface area contributed by atoms with Crippen LogP contribution >= 0.6 is 0 Å². The third kappa shape index (κ3) is 3.18. The molecule has 0 saturated carbocycles. The van der Waals surface area contributed by atoms with Crippen molar-refractivity contribution in [1.29, 1.82) is 0 Å². The van der Waals surface area contributed by atoms with E-state index in [1.807, 2.05) is 85.7 Å². The van der Waals surface area contributed by atoms with Crippen molar-refractivity contribution in [3.05, 3.63) is 83.4 Å². The van der Waals surface area contributed by atoms with Gasteiger partial charge in [-0.05, 0) is 47.5 Å². The average molecular weight is 410 g/mol. The predicted octanol–water partition coefficient (Wildman–Crippen LogP) is 4.11. The Kier molecular flexibility index (Phi) is 5.06. The normalized spacial score (nSPS) is 16.9. The van der Waals surface area contributed by atoms with Crippen LogP contribution in [0.5, 0.6) is 11.5 Å². The predicted molar refractivity (Wildman–Crippen MR) is 114 cm³/mol. The van der Waals surface area contributed by atoms with Crippen LogP contribution < -0.4 is 14.4 Å². The highest BCUT2D eigenvalue weighted by atomic mass is 32.2. The highest BCUT2D eigenvalue weighted by molar-refractivity contribution is 7.80. The first kappa shape index (κ1) is 19.5. The van der Waals surface area contributed by atoms with Crippen molar-refractivity contribution in [3.8, 4) is 11.5 Å². The number of hydrogen-bond acceptors (Lipinski definition) is 5. The van der Waals surface area contributed by atoms with Crippen molar-refractivity contribution in [2.45, 2.75) is 10.5 Å². The average Bonchev–Trinajstić information content (AvgIpc) is 3.06. The van der Waals surface area contributed by atoms with Gasteiger partial charge in [-0.3, -0.25) is 4.18 Å². The molecule has 0 spiro atoms. The summed E-state index contributed by atoms with van der Waals surface area (Å²) in [5.74, 6) is 1.50. The van der Waals surface area contributed by atoms with E-state index in [-0.39, 0.29) is 0 Å². The molecule has 1 atom stereocenters. The molecular formula is C23H23NO4S. The molecule has 6 heteroatoms. The molecular weight excluding hydrogens is 386 g/mol. The molecule has 150 valence electrons. The third-order valence-corrected chi connectivity index (χ3v) is 6.33. The van der Waals surface area contributed by atoms with E-state index in [4.69, 9.17) is 13.7 Å². The Bertz CT molecular complexity index is 998. The van der Waals surface area contributed by atoms with E-state index in [1.54, 1.807) is 14.2 Å². The first-order valence-corrected chi connectivity index (χ1v) is 10.3. The fraction of sp³-hybridized carbons (Fsp3) is 0.217. The number of rotatable bonds is 5. The second-order valence-electron chi connectivity index (χ2n) is 7.03. The van der Waals surface area contributed by atoms with Crippen LogP contribution in [0, 0.1) is 0 Å². The molecule has 1 heterocycles. The number of anilines is 1. The monoisotopic (exact) mass is 409 g/mol. The molecule has 0 aromatic heterocycles. The molecule has 0 bridgehead atoms. The molecule has 0 fully saturated rings. The Morgan fingerprint density at radius 2 is 1.34 bits per heavy atom. The smallest absolute Gasteiger partial charge is 0.191 e. The number of hydrogen-bond donors (Lipinski definition) is 0. The van der Waals surface area contributed by atoms with Crippen LogP contribution in [0.25, 0.3) is 0 Å². The Hall–Kier alpha value is -2.83. The molecule has 5 nitrogen and oxygen atoms in total.